The van der Waals surface area contributed by atoms with E-state index in [0.717, 1.165) is 32.4 Å². The molecule has 0 spiro atoms. The lowest BCUT2D eigenvalue weighted by atomic mass is 9.82. The molecule has 3 aliphatic heterocycles. The van der Waals surface area contributed by atoms with Gasteiger partial charge in [-0.3, -0.25) is 4.79 Å². The third-order valence-corrected chi connectivity index (χ3v) is 8.42. The van der Waals surface area contributed by atoms with E-state index in [1.807, 2.05) is 17.9 Å². The van der Waals surface area contributed by atoms with Gasteiger partial charge in [-0.1, -0.05) is 6.42 Å². The predicted molar refractivity (Wildman–Crippen MR) is 143 cm³/mol. The maximum absolute atomic E-state index is 13.6. The summed E-state index contributed by atoms with van der Waals surface area (Å²) in [5, 5.41) is 13.0. The van der Waals surface area contributed by atoms with Crippen molar-refractivity contribution in [3.63, 3.8) is 0 Å². The molecule has 0 bridgehead atoms. The molecule has 0 unspecified atom stereocenters. The van der Waals surface area contributed by atoms with Gasteiger partial charge in [0.05, 0.1) is 26.4 Å². The number of carbonyl (C=O) groups is 1. The van der Waals surface area contributed by atoms with Gasteiger partial charge < -0.3 is 33.9 Å². The minimum atomic E-state index is -0.501. The van der Waals surface area contributed by atoms with E-state index in [9.17, 15) is 4.79 Å². The van der Waals surface area contributed by atoms with Crippen LogP contribution in [0.5, 0.6) is 0 Å². The number of likely N-dealkylation sites (tertiary alicyclic amines) is 2. The van der Waals surface area contributed by atoms with Crippen molar-refractivity contribution >= 4 is 17.2 Å². The first-order valence-electron chi connectivity index (χ1n) is 14.0. The molecule has 0 aliphatic carbocycles. The second-order valence-electron chi connectivity index (χ2n) is 10.1. The molecule has 4 heterocycles. The van der Waals surface area contributed by atoms with Gasteiger partial charge in [-0.15, -0.1) is 0 Å². The monoisotopic (exact) mass is 536 g/mol. The highest BCUT2D eigenvalue weighted by Gasteiger charge is 2.39. The van der Waals surface area contributed by atoms with Crippen LogP contribution in [0.4, 0.5) is 0 Å². The third kappa shape index (κ3) is 8.00. The van der Waals surface area contributed by atoms with Gasteiger partial charge in [-0.25, -0.2) is 0 Å². The molecular formula is C28H44N2O6S. The van der Waals surface area contributed by atoms with Crippen LogP contribution in [0.25, 0.3) is 0 Å². The van der Waals surface area contributed by atoms with E-state index in [-0.39, 0.29) is 24.3 Å². The van der Waals surface area contributed by atoms with Crippen molar-refractivity contribution in [3.8, 4) is 0 Å². The number of piperidine rings is 2. The van der Waals surface area contributed by atoms with E-state index < -0.39 is 6.29 Å². The number of aliphatic hydroxyl groups excluding tert-OH is 1. The second kappa shape index (κ2) is 15.2. The Morgan fingerprint density at radius 3 is 2.51 bits per heavy atom. The van der Waals surface area contributed by atoms with Crippen molar-refractivity contribution < 1.29 is 28.8 Å². The van der Waals surface area contributed by atoms with Gasteiger partial charge in [0, 0.05) is 44.2 Å². The van der Waals surface area contributed by atoms with E-state index in [2.05, 4.69) is 21.7 Å². The SMILES string of the molecule is CCO[C@H]1OC(C(=O)N2CCC(N3CCCCC3)CC2)=C[C@@H](c2ccsc2)[C@@H]1CCOCCOCCO. The minimum absolute atomic E-state index is 0.0155. The fraction of sp³-hybridized carbons (Fsp3) is 0.750. The Balaban J connectivity index is 1.39. The fourth-order valence-electron chi connectivity index (χ4n) is 5.75. The largest absolute Gasteiger partial charge is 0.459 e. The van der Waals surface area contributed by atoms with Crippen LogP contribution in [0.2, 0.25) is 0 Å². The number of aliphatic hydroxyl groups is 1. The molecule has 9 heteroatoms. The topological polar surface area (TPSA) is 80.7 Å². The second-order valence-corrected chi connectivity index (χ2v) is 10.9. The molecule has 8 nitrogen and oxygen atoms in total. The van der Waals surface area contributed by atoms with Gasteiger partial charge in [0.2, 0.25) is 6.29 Å². The van der Waals surface area contributed by atoms with Gasteiger partial charge in [0.15, 0.2) is 5.76 Å². The highest BCUT2D eigenvalue weighted by atomic mass is 32.1. The molecule has 208 valence electrons. The molecule has 1 aromatic rings. The highest BCUT2D eigenvalue weighted by molar-refractivity contribution is 7.08. The molecule has 1 aromatic heterocycles. The molecule has 0 aromatic carbocycles. The summed E-state index contributed by atoms with van der Waals surface area (Å²) in [6.07, 6.45) is 8.26. The summed E-state index contributed by atoms with van der Waals surface area (Å²) in [5.41, 5.74) is 1.18. The summed E-state index contributed by atoms with van der Waals surface area (Å²) >= 11 is 1.66. The molecule has 37 heavy (non-hydrogen) atoms. The molecule has 2 fully saturated rings. The quantitative estimate of drug-likeness (QED) is 0.386. The van der Waals surface area contributed by atoms with Crippen molar-refractivity contribution in [3.05, 3.63) is 34.2 Å². The van der Waals surface area contributed by atoms with Gasteiger partial charge in [0.1, 0.15) is 0 Å². The minimum Gasteiger partial charge on any atom is -0.459 e. The molecule has 4 rings (SSSR count). The number of ether oxygens (including phenoxy) is 4. The third-order valence-electron chi connectivity index (χ3n) is 7.72. The summed E-state index contributed by atoms with van der Waals surface area (Å²) in [5.74, 6) is 0.461. The van der Waals surface area contributed by atoms with Crippen LogP contribution in [0.3, 0.4) is 0 Å². The zero-order valence-corrected chi connectivity index (χ0v) is 23.0. The lowest BCUT2D eigenvalue weighted by Crippen LogP contribution is -2.49. The van der Waals surface area contributed by atoms with Crippen molar-refractivity contribution in [2.45, 2.75) is 63.7 Å². The number of hydrogen-bond donors (Lipinski definition) is 1. The van der Waals surface area contributed by atoms with Crippen LogP contribution in [0.1, 0.15) is 56.9 Å². The van der Waals surface area contributed by atoms with Crippen molar-refractivity contribution in [2.75, 3.05) is 65.8 Å². The Labute approximate surface area is 225 Å². The van der Waals surface area contributed by atoms with Gasteiger partial charge >= 0.3 is 0 Å². The Bertz CT molecular complexity index is 821. The Morgan fingerprint density at radius 2 is 1.84 bits per heavy atom. The molecule has 1 amide bonds. The molecule has 2 saturated heterocycles. The van der Waals surface area contributed by atoms with Crippen LogP contribution < -0.4 is 0 Å². The molecule has 0 radical (unpaired) electrons. The lowest BCUT2D eigenvalue weighted by molar-refractivity contribution is -0.172. The Hall–Kier alpha value is -1.49. The summed E-state index contributed by atoms with van der Waals surface area (Å²) in [6, 6.07) is 2.72. The first kappa shape index (κ1) is 28.5. The number of nitrogens with zero attached hydrogens (tertiary/aromatic N) is 2. The smallest absolute Gasteiger partial charge is 0.288 e. The van der Waals surface area contributed by atoms with Crippen LogP contribution >= 0.6 is 11.3 Å². The van der Waals surface area contributed by atoms with Crippen LogP contribution in [0.15, 0.2) is 28.7 Å². The number of rotatable bonds is 13. The number of thiophene rings is 1. The lowest BCUT2D eigenvalue weighted by Gasteiger charge is -2.41. The molecule has 3 aliphatic rings. The van der Waals surface area contributed by atoms with Crippen molar-refractivity contribution in [1.82, 2.24) is 9.80 Å². The predicted octanol–water partition coefficient (Wildman–Crippen LogP) is 3.62. The first-order chi connectivity index (χ1) is 18.2. The van der Waals surface area contributed by atoms with Gasteiger partial charge in [0.25, 0.3) is 5.91 Å². The van der Waals surface area contributed by atoms with Crippen LogP contribution in [0, 0.1) is 5.92 Å². The summed E-state index contributed by atoms with van der Waals surface area (Å²) < 4.78 is 23.4. The summed E-state index contributed by atoms with van der Waals surface area (Å²) in [7, 11) is 0. The molecule has 3 atom stereocenters. The average molecular weight is 537 g/mol. The van der Waals surface area contributed by atoms with Gasteiger partial charge in [-0.05, 0) is 80.6 Å². The van der Waals surface area contributed by atoms with Crippen molar-refractivity contribution in [2.24, 2.45) is 5.92 Å². The Morgan fingerprint density at radius 1 is 1.08 bits per heavy atom. The van der Waals surface area contributed by atoms with E-state index in [4.69, 9.17) is 24.1 Å². The first-order valence-corrected chi connectivity index (χ1v) is 15.0. The molecule has 1 N–H and O–H groups in total. The van der Waals surface area contributed by atoms with E-state index in [1.165, 1.54) is 37.9 Å². The Kier molecular flexibility index (Phi) is 11.7. The van der Waals surface area contributed by atoms with E-state index in [1.54, 1.807) is 11.3 Å². The molecular weight excluding hydrogens is 492 g/mol. The zero-order chi connectivity index (χ0) is 25.9. The summed E-state index contributed by atoms with van der Waals surface area (Å²) in [4.78, 5) is 18.2. The highest BCUT2D eigenvalue weighted by Crippen LogP contribution is 2.40. The van der Waals surface area contributed by atoms with E-state index >= 15 is 0 Å². The number of hydrogen-bond acceptors (Lipinski definition) is 8. The normalized spacial score (nSPS) is 25.6. The molecule has 0 saturated carbocycles. The number of amides is 1. The fourth-order valence-corrected chi connectivity index (χ4v) is 6.46. The van der Waals surface area contributed by atoms with Crippen LogP contribution in [-0.4, -0.2) is 99.0 Å². The number of allylic oxidation sites excluding steroid dienone is 1. The van der Waals surface area contributed by atoms with Crippen LogP contribution in [-0.2, 0) is 23.7 Å². The maximum atomic E-state index is 13.6. The van der Waals surface area contributed by atoms with Gasteiger partial charge in [-0.2, -0.15) is 11.3 Å². The maximum Gasteiger partial charge on any atom is 0.288 e. The average Bonchev–Trinajstić information content (AvgIpc) is 3.48. The number of carbonyl (C=O) groups excluding carboxylic acids is 1. The summed E-state index contributed by atoms with van der Waals surface area (Å²) in [6.45, 7) is 8.24. The van der Waals surface area contributed by atoms with Crippen molar-refractivity contribution in [1.29, 1.82) is 0 Å². The standard InChI is InChI=1S/C28H44N2O6S/c1-2-35-28-24(8-15-33-17-18-34-16-14-31)25(22-9-19-37-21-22)20-26(36-28)27(32)30-12-6-23(7-13-30)29-10-4-3-5-11-29/h9,19-21,23-25,28,31H,2-8,10-18H2,1H3/t24-,25-,28-/m0/s1. The zero-order valence-electron chi connectivity index (χ0n) is 22.2. The van der Waals surface area contributed by atoms with E-state index in [0.29, 0.717) is 44.8 Å².